The average Bonchev–Trinajstić information content (AvgIpc) is 3.18. The lowest BCUT2D eigenvalue weighted by molar-refractivity contribution is 0.923. The Morgan fingerprint density at radius 2 is 1.56 bits per heavy atom. The number of anilines is 1. The van der Waals surface area contributed by atoms with Crippen LogP contribution < -0.4 is 5.43 Å². The molecule has 1 aliphatic heterocycles. The van der Waals surface area contributed by atoms with Gasteiger partial charge in [-0.25, -0.2) is 0 Å². The fraction of sp³-hybridized carbons (Fsp3) is 0.0870. The van der Waals surface area contributed by atoms with Gasteiger partial charge >= 0.3 is 0 Å². The molecule has 0 bridgehead atoms. The summed E-state index contributed by atoms with van der Waals surface area (Å²) in [5, 5.41) is 13.7. The first-order valence-corrected chi connectivity index (χ1v) is 8.84. The van der Waals surface area contributed by atoms with E-state index in [1.165, 1.54) is 5.56 Å². The Hall–Kier alpha value is -3.71. The zero-order valence-electron chi connectivity index (χ0n) is 14.7. The Morgan fingerprint density at radius 1 is 0.889 bits per heavy atom. The molecule has 130 valence electrons. The molecule has 1 aliphatic rings. The molecule has 0 fully saturated rings. The third kappa shape index (κ3) is 3.63. The zero-order chi connectivity index (χ0) is 18.5. The van der Waals surface area contributed by atoms with Gasteiger partial charge in [0.1, 0.15) is 0 Å². The smallest absolute Gasteiger partial charge is 0.0991 e. The fourth-order valence-corrected chi connectivity index (χ4v) is 3.17. The number of hydrogen-bond acceptors (Lipinski definition) is 4. The van der Waals surface area contributed by atoms with Gasteiger partial charge in [-0.05, 0) is 29.8 Å². The number of nitriles is 1. The summed E-state index contributed by atoms with van der Waals surface area (Å²) in [5.41, 5.74) is 8.72. The van der Waals surface area contributed by atoms with E-state index in [-0.39, 0.29) is 5.92 Å². The van der Waals surface area contributed by atoms with E-state index in [1.807, 2.05) is 48.5 Å². The van der Waals surface area contributed by atoms with Crippen molar-refractivity contribution >= 4 is 17.1 Å². The standard InChI is InChI=1S/C23H18N4/c24-15-17-11-13-20(14-12-17)26-27-23-21(18-7-3-1-4-8-18)16-25-22(23)19-9-5-2-6-10-19/h1-14,21,26H,16H2. The highest BCUT2D eigenvalue weighted by Crippen LogP contribution is 2.26. The first kappa shape index (κ1) is 16.7. The van der Waals surface area contributed by atoms with Gasteiger partial charge in [0.2, 0.25) is 0 Å². The van der Waals surface area contributed by atoms with Crippen molar-refractivity contribution < 1.29 is 0 Å². The van der Waals surface area contributed by atoms with Gasteiger partial charge in [-0.1, -0.05) is 60.7 Å². The normalized spacial score (nSPS) is 17.4. The van der Waals surface area contributed by atoms with Crippen molar-refractivity contribution in [3.8, 4) is 6.07 Å². The molecular weight excluding hydrogens is 332 g/mol. The molecule has 3 aromatic carbocycles. The summed E-state index contributed by atoms with van der Waals surface area (Å²) in [4.78, 5) is 4.79. The molecule has 1 unspecified atom stereocenters. The number of hydrazone groups is 1. The Balaban J connectivity index is 1.67. The minimum Gasteiger partial charge on any atom is -0.282 e. The number of hydrogen-bond donors (Lipinski definition) is 1. The van der Waals surface area contributed by atoms with Gasteiger partial charge in [0.05, 0.1) is 35.3 Å². The van der Waals surface area contributed by atoms with E-state index in [0.717, 1.165) is 22.7 Å². The molecule has 0 aromatic heterocycles. The number of aliphatic imine (C=N–C) groups is 1. The molecule has 4 heteroatoms. The van der Waals surface area contributed by atoms with Crippen LogP contribution in [0.15, 0.2) is 95.0 Å². The Morgan fingerprint density at radius 3 is 2.22 bits per heavy atom. The maximum Gasteiger partial charge on any atom is 0.0991 e. The third-order valence-corrected chi connectivity index (χ3v) is 4.57. The van der Waals surface area contributed by atoms with Gasteiger partial charge in [0.25, 0.3) is 0 Å². The van der Waals surface area contributed by atoms with Crippen LogP contribution in [0.25, 0.3) is 0 Å². The minimum atomic E-state index is 0.118. The lowest BCUT2D eigenvalue weighted by Crippen LogP contribution is -2.20. The highest BCUT2D eigenvalue weighted by Gasteiger charge is 2.29. The summed E-state index contributed by atoms with van der Waals surface area (Å²) in [6, 6.07) is 29.9. The van der Waals surface area contributed by atoms with Crippen LogP contribution >= 0.6 is 0 Å². The van der Waals surface area contributed by atoms with Crippen LogP contribution in [0.4, 0.5) is 5.69 Å². The first-order chi connectivity index (χ1) is 13.3. The van der Waals surface area contributed by atoms with Crippen molar-refractivity contribution in [1.29, 1.82) is 5.26 Å². The SMILES string of the molecule is N#Cc1ccc(NN=C2C(c3ccccc3)=NCC2c2ccccc2)cc1. The van der Waals surface area contributed by atoms with Gasteiger partial charge in [-0.2, -0.15) is 10.4 Å². The summed E-state index contributed by atoms with van der Waals surface area (Å²) in [6.45, 7) is 0.683. The molecule has 3 aromatic rings. The molecule has 0 saturated carbocycles. The maximum absolute atomic E-state index is 8.94. The van der Waals surface area contributed by atoms with Crippen LogP contribution in [0.1, 0.15) is 22.6 Å². The van der Waals surface area contributed by atoms with Crippen molar-refractivity contribution in [3.63, 3.8) is 0 Å². The minimum absolute atomic E-state index is 0.118. The second kappa shape index (κ2) is 7.67. The first-order valence-electron chi connectivity index (χ1n) is 8.84. The van der Waals surface area contributed by atoms with E-state index < -0.39 is 0 Å². The second-order valence-corrected chi connectivity index (χ2v) is 6.32. The zero-order valence-corrected chi connectivity index (χ0v) is 14.7. The summed E-state index contributed by atoms with van der Waals surface area (Å²) in [7, 11) is 0. The van der Waals surface area contributed by atoms with Crippen molar-refractivity contribution in [2.45, 2.75) is 5.92 Å². The van der Waals surface area contributed by atoms with E-state index in [9.17, 15) is 0 Å². The van der Waals surface area contributed by atoms with Crippen LogP contribution in [-0.4, -0.2) is 18.0 Å². The average molecular weight is 350 g/mol. The number of benzene rings is 3. The maximum atomic E-state index is 8.94. The predicted molar refractivity (Wildman–Crippen MR) is 109 cm³/mol. The van der Waals surface area contributed by atoms with Crippen molar-refractivity contribution in [2.75, 3.05) is 12.0 Å². The van der Waals surface area contributed by atoms with Gasteiger partial charge in [-0.3, -0.25) is 10.4 Å². The molecule has 0 radical (unpaired) electrons. The summed E-state index contributed by atoms with van der Waals surface area (Å²) in [5.74, 6) is 0.118. The van der Waals surface area contributed by atoms with Crippen molar-refractivity contribution in [1.82, 2.24) is 0 Å². The molecule has 4 rings (SSSR count). The number of nitrogens with zero attached hydrogens (tertiary/aromatic N) is 3. The van der Waals surface area contributed by atoms with Gasteiger partial charge in [0, 0.05) is 11.5 Å². The van der Waals surface area contributed by atoms with Gasteiger partial charge < -0.3 is 0 Å². The van der Waals surface area contributed by atoms with E-state index in [1.54, 1.807) is 12.1 Å². The lowest BCUT2D eigenvalue weighted by Gasteiger charge is -2.13. The van der Waals surface area contributed by atoms with Crippen LogP contribution in [0.2, 0.25) is 0 Å². The highest BCUT2D eigenvalue weighted by molar-refractivity contribution is 6.51. The van der Waals surface area contributed by atoms with Crippen LogP contribution in [0.5, 0.6) is 0 Å². The fourth-order valence-electron chi connectivity index (χ4n) is 3.17. The molecule has 0 spiro atoms. The van der Waals surface area contributed by atoms with Gasteiger partial charge in [-0.15, -0.1) is 0 Å². The summed E-state index contributed by atoms with van der Waals surface area (Å²) in [6.07, 6.45) is 0. The molecule has 0 saturated heterocycles. The number of nitrogens with one attached hydrogen (secondary N) is 1. The molecular formula is C23H18N4. The van der Waals surface area contributed by atoms with Crippen molar-refractivity contribution in [3.05, 3.63) is 102 Å². The number of rotatable bonds is 4. The summed E-state index contributed by atoms with van der Waals surface area (Å²) < 4.78 is 0. The third-order valence-electron chi connectivity index (χ3n) is 4.57. The summed E-state index contributed by atoms with van der Waals surface area (Å²) >= 11 is 0. The molecule has 27 heavy (non-hydrogen) atoms. The van der Waals surface area contributed by atoms with E-state index in [4.69, 9.17) is 15.4 Å². The van der Waals surface area contributed by atoms with E-state index >= 15 is 0 Å². The predicted octanol–water partition coefficient (Wildman–Crippen LogP) is 4.61. The Labute approximate surface area is 158 Å². The Kier molecular flexibility index (Phi) is 4.76. The highest BCUT2D eigenvalue weighted by atomic mass is 15.3. The largest absolute Gasteiger partial charge is 0.282 e. The molecule has 4 nitrogen and oxygen atoms in total. The molecule has 0 amide bonds. The molecule has 1 N–H and O–H groups in total. The molecule has 0 aliphatic carbocycles. The lowest BCUT2D eigenvalue weighted by atomic mass is 9.92. The van der Waals surface area contributed by atoms with Crippen LogP contribution in [0.3, 0.4) is 0 Å². The molecule has 1 heterocycles. The topological polar surface area (TPSA) is 60.5 Å². The Bertz CT molecular complexity index is 1010. The van der Waals surface area contributed by atoms with Crippen molar-refractivity contribution in [2.24, 2.45) is 10.1 Å². The quantitative estimate of drug-likeness (QED) is 0.698. The van der Waals surface area contributed by atoms with Gasteiger partial charge in [0.15, 0.2) is 0 Å². The van der Waals surface area contributed by atoms with E-state index in [0.29, 0.717) is 12.1 Å². The monoisotopic (exact) mass is 350 g/mol. The molecule has 1 atom stereocenters. The van der Waals surface area contributed by atoms with E-state index in [2.05, 4.69) is 35.8 Å². The van der Waals surface area contributed by atoms with Crippen LogP contribution in [0, 0.1) is 11.3 Å². The second-order valence-electron chi connectivity index (χ2n) is 6.32. The van der Waals surface area contributed by atoms with Crippen LogP contribution in [-0.2, 0) is 0 Å².